The summed E-state index contributed by atoms with van der Waals surface area (Å²) in [6.45, 7) is 6.34. The first-order chi connectivity index (χ1) is 10.5. The number of benzene rings is 2. The second kappa shape index (κ2) is 7.36. The summed E-state index contributed by atoms with van der Waals surface area (Å²) in [5.41, 5.74) is 4.54. The molecule has 0 unspecified atom stereocenters. The molecule has 22 heavy (non-hydrogen) atoms. The van der Waals surface area contributed by atoms with Crippen molar-refractivity contribution in [1.82, 2.24) is 5.32 Å². The molecule has 0 heterocycles. The maximum atomic E-state index is 12.9. The number of anilines is 1. The summed E-state index contributed by atoms with van der Waals surface area (Å²) in [5.74, 6) is -0.258. The lowest BCUT2D eigenvalue weighted by atomic mass is 9.99. The van der Waals surface area contributed by atoms with Crippen molar-refractivity contribution in [3.8, 4) is 0 Å². The van der Waals surface area contributed by atoms with E-state index in [2.05, 4.69) is 49.6 Å². The topological polar surface area (TPSA) is 24.1 Å². The minimum absolute atomic E-state index is 0.153. The molecule has 0 saturated carbocycles. The quantitative estimate of drug-likeness (QED) is 0.786. The minimum Gasteiger partial charge on any atom is -0.356 e. The highest BCUT2D eigenvalue weighted by Gasteiger charge is 2.11. The van der Waals surface area contributed by atoms with Crippen LogP contribution in [0.15, 0.2) is 42.5 Å². The molecule has 0 aliphatic rings. The van der Waals surface area contributed by atoms with Crippen molar-refractivity contribution in [1.29, 1.82) is 0 Å². The van der Waals surface area contributed by atoms with Crippen LogP contribution in [-0.2, 0) is 0 Å². The number of hydrogen-bond donors (Lipinski definition) is 2. The van der Waals surface area contributed by atoms with Gasteiger partial charge in [-0.1, -0.05) is 25.1 Å². The van der Waals surface area contributed by atoms with Crippen molar-refractivity contribution in [2.75, 3.05) is 5.32 Å². The average molecular weight is 316 g/mol. The molecule has 0 fully saturated rings. The molecule has 2 aromatic rings. The lowest BCUT2D eigenvalue weighted by molar-refractivity contribution is 0.627. The summed E-state index contributed by atoms with van der Waals surface area (Å²) in [5, 5.41) is 6.94. The van der Waals surface area contributed by atoms with Gasteiger partial charge in [-0.15, -0.1) is 0 Å². The van der Waals surface area contributed by atoms with Crippen LogP contribution >= 0.6 is 12.2 Å². The molecule has 2 nitrogen and oxygen atoms in total. The van der Waals surface area contributed by atoms with Crippen molar-refractivity contribution in [3.05, 3.63) is 65.0 Å². The fraction of sp³-hybridized carbons (Fsp3) is 0.278. The smallest absolute Gasteiger partial charge is 0.171 e. The van der Waals surface area contributed by atoms with Crippen molar-refractivity contribution in [3.63, 3.8) is 0 Å². The Balaban J connectivity index is 2.04. The van der Waals surface area contributed by atoms with Crippen molar-refractivity contribution in [2.45, 2.75) is 33.2 Å². The average Bonchev–Trinajstić information content (AvgIpc) is 2.50. The van der Waals surface area contributed by atoms with E-state index in [0.29, 0.717) is 5.11 Å². The van der Waals surface area contributed by atoms with Gasteiger partial charge < -0.3 is 10.6 Å². The molecule has 4 heteroatoms. The van der Waals surface area contributed by atoms with Crippen LogP contribution in [0.1, 0.15) is 36.1 Å². The Morgan fingerprint density at radius 3 is 2.36 bits per heavy atom. The highest BCUT2D eigenvalue weighted by Crippen LogP contribution is 2.20. The molecule has 116 valence electrons. The molecule has 0 radical (unpaired) electrons. The second-order valence-corrected chi connectivity index (χ2v) is 5.82. The molecule has 2 N–H and O–H groups in total. The van der Waals surface area contributed by atoms with Crippen LogP contribution in [0.5, 0.6) is 0 Å². The summed E-state index contributed by atoms with van der Waals surface area (Å²) in [7, 11) is 0. The van der Waals surface area contributed by atoms with E-state index in [1.165, 1.54) is 28.8 Å². The standard InChI is InChI=1S/C18H21FN2S/c1-4-17(14-6-5-12(2)13(3)11-14)21-18(22)20-16-9-7-15(19)8-10-16/h5-11,17H,4H2,1-3H3,(H2,20,21,22)/t17-/m0/s1. The van der Waals surface area contributed by atoms with Gasteiger partial charge in [-0.05, 0) is 73.4 Å². The molecule has 0 aromatic heterocycles. The van der Waals surface area contributed by atoms with Gasteiger partial charge in [-0.25, -0.2) is 4.39 Å². The fourth-order valence-corrected chi connectivity index (χ4v) is 2.52. The van der Waals surface area contributed by atoms with E-state index in [1.807, 2.05) is 0 Å². The van der Waals surface area contributed by atoms with Crippen LogP contribution in [0, 0.1) is 19.7 Å². The predicted octanol–water partition coefficient (Wildman–Crippen LogP) is 4.88. The Kier molecular flexibility index (Phi) is 5.50. The Morgan fingerprint density at radius 2 is 1.77 bits per heavy atom. The van der Waals surface area contributed by atoms with E-state index >= 15 is 0 Å². The summed E-state index contributed by atoms with van der Waals surface area (Å²) < 4.78 is 12.9. The van der Waals surface area contributed by atoms with Gasteiger partial charge in [0.05, 0.1) is 6.04 Å². The lowest BCUT2D eigenvalue weighted by Crippen LogP contribution is -2.32. The van der Waals surface area contributed by atoms with Crippen molar-refractivity contribution >= 4 is 23.0 Å². The van der Waals surface area contributed by atoms with Crippen LogP contribution in [0.4, 0.5) is 10.1 Å². The van der Waals surface area contributed by atoms with Gasteiger partial charge in [0.2, 0.25) is 0 Å². The molecule has 2 rings (SSSR count). The third-order valence-corrected chi connectivity index (χ3v) is 3.97. The van der Waals surface area contributed by atoms with Gasteiger partial charge >= 0.3 is 0 Å². The monoisotopic (exact) mass is 316 g/mol. The van der Waals surface area contributed by atoms with Gasteiger partial charge in [0.1, 0.15) is 5.82 Å². The van der Waals surface area contributed by atoms with Gasteiger partial charge in [0.15, 0.2) is 5.11 Å². The van der Waals surface area contributed by atoms with E-state index < -0.39 is 0 Å². The SMILES string of the molecule is CC[C@H](NC(=S)Nc1ccc(F)cc1)c1ccc(C)c(C)c1. The highest BCUT2D eigenvalue weighted by atomic mass is 32.1. The molecule has 0 aliphatic heterocycles. The molecule has 0 aliphatic carbocycles. The molecule has 2 aromatic carbocycles. The van der Waals surface area contributed by atoms with Gasteiger partial charge in [-0.2, -0.15) is 0 Å². The Hall–Kier alpha value is -1.94. The first-order valence-corrected chi connectivity index (χ1v) is 7.80. The van der Waals surface area contributed by atoms with E-state index in [0.717, 1.165) is 12.1 Å². The zero-order valence-corrected chi connectivity index (χ0v) is 13.9. The van der Waals surface area contributed by atoms with Crippen LogP contribution in [0.3, 0.4) is 0 Å². The maximum Gasteiger partial charge on any atom is 0.171 e. The molecule has 0 spiro atoms. The molecule has 1 atom stereocenters. The Bertz CT molecular complexity index is 653. The van der Waals surface area contributed by atoms with Crippen molar-refractivity contribution < 1.29 is 4.39 Å². The Labute approximate surface area is 136 Å². The largest absolute Gasteiger partial charge is 0.356 e. The molecule has 0 bridgehead atoms. The molecule has 0 amide bonds. The van der Waals surface area contributed by atoms with Crippen LogP contribution in [-0.4, -0.2) is 5.11 Å². The summed E-state index contributed by atoms with van der Waals surface area (Å²) in [4.78, 5) is 0. The number of halogens is 1. The highest BCUT2D eigenvalue weighted by molar-refractivity contribution is 7.80. The first kappa shape index (κ1) is 16.4. The molecule has 0 saturated heterocycles. The lowest BCUT2D eigenvalue weighted by Gasteiger charge is -2.21. The molecular formula is C18H21FN2S. The predicted molar refractivity (Wildman–Crippen MR) is 94.7 cm³/mol. The van der Waals surface area contributed by atoms with Gasteiger partial charge in [0, 0.05) is 5.69 Å². The summed E-state index contributed by atoms with van der Waals surface area (Å²) >= 11 is 5.35. The summed E-state index contributed by atoms with van der Waals surface area (Å²) in [6, 6.07) is 12.8. The van der Waals surface area contributed by atoms with E-state index in [4.69, 9.17) is 12.2 Å². The van der Waals surface area contributed by atoms with Crippen LogP contribution in [0.25, 0.3) is 0 Å². The van der Waals surface area contributed by atoms with Crippen LogP contribution in [0.2, 0.25) is 0 Å². The zero-order valence-electron chi connectivity index (χ0n) is 13.1. The van der Waals surface area contributed by atoms with E-state index in [1.54, 1.807) is 12.1 Å². The Morgan fingerprint density at radius 1 is 1.09 bits per heavy atom. The van der Waals surface area contributed by atoms with Gasteiger partial charge in [0.25, 0.3) is 0 Å². The van der Waals surface area contributed by atoms with Crippen LogP contribution < -0.4 is 10.6 Å². The van der Waals surface area contributed by atoms with Gasteiger partial charge in [-0.3, -0.25) is 0 Å². The number of hydrogen-bond acceptors (Lipinski definition) is 1. The number of rotatable bonds is 4. The van der Waals surface area contributed by atoms with E-state index in [-0.39, 0.29) is 11.9 Å². The fourth-order valence-electron chi connectivity index (χ4n) is 2.26. The second-order valence-electron chi connectivity index (χ2n) is 5.41. The number of aryl methyl sites for hydroxylation is 2. The van der Waals surface area contributed by atoms with Crippen molar-refractivity contribution in [2.24, 2.45) is 0 Å². The third kappa shape index (κ3) is 4.28. The van der Waals surface area contributed by atoms with E-state index in [9.17, 15) is 4.39 Å². The number of thiocarbonyl (C=S) groups is 1. The number of nitrogens with one attached hydrogen (secondary N) is 2. The summed E-state index contributed by atoms with van der Waals surface area (Å²) in [6.07, 6.45) is 0.924. The maximum absolute atomic E-state index is 12.9. The zero-order chi connectivity index (χ0) is 16.1. The minimum atomic E-state index is -0.258. The normalized spacial score (nSPS) is 11.8. The first-order valence-electron chi connectivity index (χ1n) is 7.40. The third-order valence-electron chi connectivity index (χ3n) is 3.75. The molecular weight excluding hydrogens is 295 g/mol.